The van der Waals surface area contributed by atoms with Crippen LogP contribution in [0.25, 0.3) is 11.1 Å². The summed E-state index contributed by atoms with van der Waals surface area (Å²) in [7, 11) is 0. The molecule has 0 saturated carbocycles. The molecule has 7 heteroatoms. The molecule has 0 aliphatic rings. The number of hydrogen-bond donors (Lipinski definition) is 2. The number of carbonyl (C=O) groups excluding carboxylic acids is 1. The zero-order chi connectivity index (χ0) is 22.5. The number of halogens is 1. The van der Waals surface area contributed by atoms with Crippen molar-refractivity contribution in [2.75, 3.05) is 11.1 Å². The van der Waals surface area contributed by atoms with Crippen LogP contribution in [-0.4, -0.2) is 10.9 Å². The van der Waals surface area contributed by atoms with Crippen molar-refractivity contribution < 1.29 is 9.18 Å². The number of nitrogens with two attached hydrogens (primary N) is 1. The first-order valence-corrected chi connectivity index (χ1v) is 10.4. The van der Waals surface area contributed by atoms with Gasteiger partial charge in [0.2, 0.25) is 0 Å². The number of nitrogens with one attached hydrogen (secondary N) is 1. The summed E-state index contributed by atoms with van der Waals surface area (Å²) in [6.07, 6.45) is 1.64. The number of pyridine rings is 1. The lowest BCUT2D eigenvalue weighted by molar-refractivity contribution is 0.102. The average Bonchev–Trinajstić information content (AvgIpc) is 2.82. The molecule has 0 atom stereocenters. The second-order valence-electron chi connectivity index (χ2n) is 6.88. The van der Waals surface area contributed by atoms with Gasteiger partial charge in [0.15, 0.2) is 0 Å². The molecule has 0 fully saturated rings. The lowest BCUT2D eigenvalue weighted by Gasteiger charge is -2.11. The first-order valence-electron chi connectivity index (χ1n) is 9.63. The first kappa shape index (κ1) is 21.1. The SMILES string of the molecule is N#Cc1ccc(Sc2ccc(C(=O)Nc3cc(-c4ccc(F)cc4)ccc3N)cc2)cn1. The second kappa shape index (κ2) is 9.33. The van der Waals surface area contributed by atoms with Crippen molar-refractivity contribution in [2.24, 2.45) is 0 Å². The molecule has 0 bridgehead atoms. The highest BCUT2D eigenvalue weighted by Gasteiger charge is 2.10. The third kappa shape index (κ3) is 4.94. The third-order valence-corrected chi connectivity index (χ3v) is 5.67. The van der Waals surface area contributed by atoms with Crippen LogP contribution in [0.3, 0.4) is 0 Å². The Labute approximate surface area is 188 Å². The maximum absolute atomic E-state index is 13.2. The summed E-state index contributed by atoms with van der Waals surface area (Å²) in [4.78, 5) is 18.6. The number of rotatable bonds is 5. The lowest BCUT2D eigenvalue weighted by atomic mass is 10.0. The molecule has 32 heavy (non-hydrogen) atoms. The minimum Gasteiger partial charge on any atom is -0.397 e. The lowest BCUT2D eigenvalue weighted by Crippen LogP contribution is -2.13. The predicted octanol–water partition coefficient (Wildman–Crippen LogP) is 5.75. The Morgan fingerprint density at radius 3 is 2.28 bits per heavy atom. The van der Waals surface area contributed by atoms with Gasteiger partial charge in [-0.15, -0.1) is 0 Å². The molecule has 0 saturated heterocycles. The van der Waals surface area contributed by atoms with Crippen LogP contribution in [0.1, 0.15) is 16.1 Å². The van der Waals surface area contributed by atoms with E-state index in [4.69, 9.17) is 11.0 Å². The largest absolute Gasteiger partial charge is 0.397 e. The van der Waals surface area contributed by atoms with E-state index in [2.05, 4.69) is 10.3 Å². The second-order valence-corrected chi connectivity index (χ2v) is 8.03. The number of aromatic nitrogens is 1. The van der Waals surface area contributed by atoms with Gasteiger partial charge < -0.3 is 11.1 Å². The van der Waals surface area contributed by atoms with Crippen molar-refractivity contribution in [3.05, 3.63) is 102 Å². The predicted molar refractivity (Wildman–Crippen MR) is 124 cm³/mol. The quantitative estimate of drug-likeness (QED) is 0.386. The van der Waals surface area contributed by atoms with Gasteiger partial charge in [-0.05, 0) is 71.8 Å². The number of nitrogens with zero attached hydrogens (tertiary/aromatic N) is 2. The molecule has 3 aromatic carbocycles. The average molecular weight is 441 g/mol. The highest BCUT2D eigenvalue weighted by molar-refractivity contribution is 7.99. The summed E-state index contributed by atoms with van der Waals surface area (Å²) in [5.74, 6) is -0.598. The number of benzene rings is 3. The van der Waals surface area contributed by atoms with Crippen molar-refractivity contribution in [1.29, 1.82) is 5.26 Å². The fourth-order valence-electron chi connectivity index (χ4n) is 3.00. The minimum atomic E-state index is -0.310. The number of anilines is 2. The first-order chi connectivity index (χ1) is 15.5. The monoisotopic (exact) mass is 440 g/mol. The smallest absolute Gasteiger partial charge is 0.255 e. The van der Waals surface area contributed by atoms with E-state index in [1.54, 1.807) is 48.7 Å². The van der Waals surface area contributed by atoms with Gasteiger partial charge in [-0.3, -0.25) is 4.79 Å². The molecule has 1 amide bonds. The maximum atomic E-state index is 13.2. The van der Waals surface area contributed by atoms with Crippen molar-refractivity contribution in [1.82, 2.24) is 4.98 Å². The molecule has 0 aliphatic heterocycles. The van der Waals surface area contributed by atoms with Crippen LogP contribution in [0, 0.1) is 17.1 Å². The van der Waals surface area contributed by atoms with Gasteiger partial charge in [-0.1, -0.05) is 30.0 Å². The number of nitriles is 1. The topological polar surface area (TPSA) is 91.8 Å². The Balaban J connectivity index is 1.47. The number of hydrogen-bond acceptors (Lipinski definition) is 5. The van der Waals surface area contributed by atoms with E-state index in [-0.39, 0.29) is 11.7 Å². The molecule has 5 nitrogen and oxygen atoms in total. The normalized spacial score (nSPS) is 10.4. The molecule has 1 heterocycles. The van der Waals surface area contributed by atoms with E-state index < -0.39 is 0 Å². The molecule has 3 N–H and O–H groups in total. The summed E-state index contributed by atoms with van der Waals surface area (Å²) >= 11 is 1.48. The van der Waals surface area contributed by atoms with E-state index in [0.29, 0.717) is 22.6 Å². The fraction of sp³-hybridized carbons (Fsp3) is 0. The summed E-state index contributed by atoms with van der Waals surface area (Å²) in [5.41, 5.74) is 9.45. The van der Waals surface area contributed by atoms with Crippen LogP contribution < -0.4 is 11.1 Å². The van der Waals surface area contributed by atoms with Crippen molar-refractivity contribution >= 4 is 29.0 Å². The number of amides is 1. The molecule has 156 valence electrons. The van der Waals surface area contributed by atoms with Crippen LogP contribution in [0.15, 0.2) is 94.9 Å². The Morgan fingerprint density at radius 2 is 1.62 bits per heavy atom. The number of carbonyl (C=O) groups is 1. The Morgan fingerprint density at radius 1 is 0.938 bits per heavy atom. The van der Waals surface area contributed by atoms with Gasteiger partial charge in [0.25, 0.3) is 5.91 Å². The highest BCUT2D eigenvalue weighted by Crippen LogP contribution is 2.29. The summed E-state index contributed by atoms with van der Waals surface area (Å²) in [6.45, 7) is 0. The minimum absolute atomic E-state index is 0.287. The van der Waals surface area contributed by atoms with E-state index in [9.17, 15) is 9.18 Å². The zero-order valence-electron chi connectivity index (χ0n) is 16.7. The highest BCUT2D eigenvalue weighted by atomic mass is 32.2. The van der Waals surface area contributed by atoms with E-state index in [0.717, 1.165) is 20.9 Å². The van der Waals surface area contributed by atoms with Crippen molar-refractivity contribution in [3.63, 3.8) is 0 Å². The Bertz CT molecular complexity index is 1300. The molecule has 4 rings (SSSR count). The maximum Gasteiger partial charge on any atom is 0.255 e. The summed E-state index contributed by atoms with van der Waals surface area (Å²) in [5, 5.41) is 11.7. The molecule has 0 radical (unpaired) electrons. The fourth-order valence-corrected chi connectivity index (χ4v) is 3.78. The third-order valence-electron chi connectivity index (χ3n) is 4.68. The van der Waals surface area contributed by atoms with Gasteiger partial charge in [-0.2, -0.15) is 5.26 Å². The molecule has 0 spiro atoms. The molecular formula is C25H17FN4OS. The van der Waals surface area contributed by atoms with Crippen LogP contribution >= 0.6 is 11.8 Å². The van der Waals surface area contributed by atoms with Crippen LogP contribution in [-0.2, 0) is 0 Å². The molecule has 1 aromatic heterocycles. The number of nitrogen functional groups attached to an aromatic ring is 1. The van der Waals surface area contributed by atoms with Crippen molar-refractivity contribution in [3.8, 4) is 17.2 Å². The standard InChI is InChI=1S/C25H17FN4OS/c26-19-6-1-16(2-7-19)18-5-12-23(28)24(13-18)30-25(31)17-3-9-21(10-4-17)32-22-11-8-20(14-27)29-15-22/h1-13,15H,28H2,(H,30,31). The Kier molecular flexibility index (Phi) is 6.15. The molecule has 0 unspecified atom stereocenters. The van der Waals surface area contributed by atoms with Crippen molar-refractivity contribution in [2.45, 2.75) is 9.79 Å². The van der Waals surface area contributed by atoms with Gasteiger partial charge in [0, 0.05) is 21.6 Å². The van der Waals surface area contributed by atoms with Gasteiger partial charge >= 0.3 is 0 Å². The van der Waals surface area contributed by atoms with E-state index in [1.165, 1.54) is 23.9 Å². The van der Waals surface area contributed by atoms with Gasteiger partial charge in [-0.25, -0.2) is 9.37 Å². The van der Waals surface area contributed by atoms with Gasteiger partial charge in [0.1, 0.15) is 17.6 Å². The van der Waals surface area contributed by atoms with Gasteiger partial charge in [0.05, 0.1) is 11.4 Å². The van der Waals surface area contributed by atoms with E-state index >= 15 is 0 Å². The van der Waals surface area contributed by atoms with E-state index in [1.807, 2.05) is 30.3 Å². The van der Waals surface area contributed by atoms with Crippen LogP contribution in [0.2, 0.25) is 0 Å². The Hall–Kier alpha value is -4.15. The van der Waals surface area contributed by atoms with Crippen LogP contribution in [0.5, 0.6) is 0 Å². The molecule has 0 aliphatic carbocycles. The van der Waals surface area contributed by atoms with Crippen LogP contribution in [0.4, 0.5) is 15.8 Å². The summed E-state index contributed by atoms with van der Waals surface area (Å²) < 4.78 is 13.2. The summed E-state index contributed by atoms with van der Waals surface area (Å²) in [6, 6.07) is 24.0. The molecule has 4 aromatic rings. The molecular weight excluding hydrogens is 423 g/mol. The zero-order valence-corrected chi connectivity index (χ0v) is 17.6.